The Balaban J connectivity index is 2.09. The standard InChI is InChI=1S/C15H19ClFNO2/c1-15(2,18-5-7-20-8-6-18)14(19)9-11-3-4-12(16)10-13(11)17/h3-4,10H,5-9H2,1-2H3. The number of Topliss-reactive ketones (excluding diaryl/α,β-unsaturated/α-hetero) is 1. The highest BCUT2D eigenvalue weighted by atomic mass is 35.5. The van der Waals surface area contributed by atoms with Crippen LogP contribution < -0.4 is 0 Å². The van der Waals surface area contributed by atoms with E-state index in [0.29, 0.717) is 23.8 Å². The molecule has 1 aromatic rings. The first-order chi connectivity index (χ1) is 9.41. The van der Waals surface area contributed by atoms with Gasteiger partial charge in [0.15, 0.2) is 5.78 Å². The SMILES string of the molecule is CC(C)(C(=O)Cc1ccc(Cl)cc1F)N1CCOCC1. The highest BCUT2D eigenvalue weighted by molar-refractivity contribution is 6.30. The summed E-state index contributed by atoms with van der Waals surface area (Å²) in [5.74, 6) is -0.427. The molecule has 110 valence electrons. The molecule has 0 atom stereocenters. The topological polar surface area (TPSA) is 29.5 Å². The van der Waals surface area contributed by atoms with E-state index in [2.05, 4.69) is 4.90 Å². The molecule has 1 aromatic carbocycles. The summed E-state index contributed by atoms with van der Waals surface area (Å²) in [4.78, 5) is 14.6. The van der Waals surface area contributed by atoms with Gasteiger partial charge in [0, 0.05) is 24.5 Å². The van der Waals surface area contributed by atoms with Gasteiger partial charge >= 0.3 is 0 Å². The largest absolute Gasteiger partial charge is 0.379 e. The first kappa shape index (κ1) is 15.4. The molecular formula is C15H19ClFNO2. The molecule has 0 aliphatic carbocycles. The Morgan fingerprint density at radius 1 is 1.40 bits per heavy atom. The third-order valence-electron chi connectivity index (χ3n) is 3.85. The Hall–Kier alpha value is -0.970. The van der Waals surface area contributed by atoms with E-state index in [-0.39, 0.29) is 12.2 Å². The van der Waals surface area contributed by atoms with E-state index in [1.54, 1.807) is 12.1 Å². The molecule has 0 saturated carbocycles. The van der Waals surface area contributed by atoms with Crippen molar-refractivity contribution in [2.45, 2.75) is 25.8 Å². The van der Waals surface area contributed by atoms with Gasteiger partial charge in [-0.3, -0.25) is 9.69 Å². The molecule has 3 nitrogen and oxygen atoms in total. The van der Waals surface area contributed by atoms with Crippen molar-refractivity contribution in [3.8, 4) is 0 Å². The second-order valence-corrected chi connectivity index (χ2v) is 5.93. The van der Waals surface area contributed by atoms with Crippen molar-refractivity contribution < 1.29 is 13.9 Å². The number of carbonyl (C=O) groups is 1. The van der Waals surface area contributed by atoms with Gasteiger partial charge in [0.1, 0.15) is 5.82 Å². The fraction of sp³-hybridized carbons (Fsp3) is 0.533. The molecule has 2 rings (SSSR count). The second kappa shape index (κ2) is 6.20. The van der Waals surface area contributed by atoms with Crippen LogP contribution in [0, 0.1) is 5.82 Å². The van der Waals surface area contributed by atoms with Crippen LogP contribution in [-0.2, 0) is 16.0 Å². The van der Waals surface area contributed by atoms with Gasteiger partial charge in [-0.1, -0.05) is 17.7 Å². The zero-order chi connectivity index (χ0) is 14.8. The van der Waals surface area contributed by atoms with Crippen molar-refractivity contribution in [1.82, 2.24) is 4.90 Å². The number of halogens is 2. The van der Waals surface area contributed by atoms with Gasteiger partial charge in [-0.25, -0.2) is 4.39 Å². The Morgan fingerprint density at radius 3 is 2.65 bits per heavy atom. The third-order valence-corrected chi connectivity index (χ3v) is 4.09. The van der Waals surface area contributed by atoms with E-state index in [4.69, 9.17) is 16.3 Å². The van der Waals surface area contributed by atoms with Crippen molar-refractivity contribution in [3.63, 3.8) is 0 Å². The molecule has 0 spiro atoms. The zero-order valence-corrected chi connectivity index (χ0v) is 12.5. The molecule has 20 heavy (non-hydrogen) atoms. The minimum absolute atomic E-state index is 0.000576. The van der Waals surface area contributed by atoms with Crippen LogP contribution in [0.2, 0.25) is 5.02 Å². The molecule has 5 heteroatoms. The van der Waals surface area contributed by atoms with Crippen LogP contribution in [0.4, 0.5) is 4.39 Å². The van der Waals surface area contributed by atoms with Crippen molar-refractivity contribution in [2.24, 2.45) is 0 Å². The molecule has 1 heterocycles. The quantitative estimate of drug-likeness (QED) is 0.856. The van der Waals surface area contributed by atoms with Crippen LogP contribution >= 0.6 is 11.6 Å². The molecule has 0 bridgehead atoms. The lowest BCUT2D eigenvalue weighted by Gasteiger charge is -2.39. The average molecular weight is 300 g/mol. The number of benzene rings is 1. The van der Waals surface area contributed by atoms with Crippen molar-refractivity contribution in [2.75, 3.05) is 26.3 Å². The molecule has 0 radical (unpaired) electrons. The molecule has 0 aromatic heterocycles. The smallest absolute Gasteiger partial charge is 0.156 e. The Bertz CT molecular complexity index is 499. The summed E-state index contributed by atoms with van der Waals surface area (Å²) < 4.78 is 19.1. The van der Waals surface area contributed by atoms with Gasteiger partial charge in [0.2, 0.25) is 0 Å². The lowest BCUT2D eigenvalue weighted by molar-refractivity contribution is -0.131. The van der Waals surface area contributed by atoms with Crippen LogP contribution in [-0.4, -0.2) is 42.5 Å². The fourth-order valence-corrected chi connectivity index (χ4v) is 2.51. The van der Waals surface area contributed by atoms with Crippen LogP contribution in [0.1, 0.15) is 19.4 Å². The second-order valence-electron chi connectivity index (χ2n) is 5.49. The first-order valence-corrected chi connectivity index (χ1v) is 7.09. The van der Waals surface area contributed by atoms with E-state index in [1.165, 1.54) is 6.07 Å². The first-order valence-electron chi connectivity index (χ1n) is 6.71. The predicted molar refractivity (Wildman–Crippen MR) is 76.6 cm³/mol. The van der Waals surface area contributed by atoms with Gasteiger partial charge in [-0.2, -0.15) is 0 Å². The van der Waals surface area contributed by atoms with Crippen LogP contribution in [0.15, 0.2) is 18.2 Å². The maximum Gasteiger partial charge on any atom is 0.156 e. The Labute approximate surface area is 123 Å². The van der Waals surface area contributed by atoms with Crippen LogP contribution in [0.25, 0.3) is 0 Å². The van der Waals surface area contributed by atoms with Gasteiger partial charge in [-0.05, 0) is 31.5 Å². The number of ketones is 1. The monoisotopic (exact) mass is 299 g/mol. The van der Waals surface area contributed by atoms with E-state index < -0.39 is 11.4 Å². The zero-order valence-electron chi connectivity index (χ0n) is 11.8. The van der Waals surface area contributed by atoms with Crippen molar-refractivity contribution in [3.05, 3.63) is 34.6 Å². The number of hydrogen-bond donors (Lipinski definition) is 0. The summed E-state index contributed by atoms with van der Waals surface area (Å²) in [5, 5.41) is 0.339. The summed E-state index contributed by atoms with van der Waals surface area (Å²) in [6, 6.07) is 4.42. The number of morpholine rings is 1. The Morgan fingerprint density at radius 2 is 2.05 bits per heavy atom. The summed E-state index contributed by atoms with van der Waals surface area (Å²) in [7, 11) is 0. The molecule has 1 aliphatic heterocycles. The summed E-state index contributed by atoms with van der Waals surface area (Å²) >= 11 is 5.72. The molecule has 1 saturated heterocycles. The molecule has 0 amide bonds. The third kappa shape index (κ3) is 3.37. The maximum atomic E-state index is 13.8. The molecule has 1 aliphatic rings. The fourth-order valence-electron chi connectivity index (χ4n) is 2.35. The molecule has 1 fully saturated rings. The summed E-state index contributed by atoms with van der Waals surface area (Å²) in [6.07, 6.45) is 0.0767. The number of nitrogens with zero attached hydrogens (tertiary/aromatic N) is 1. The van der Waals surface area contributed by atoms with Crippen molar-refractivity contribution in [1.29, 1.82) is 0 Å². The molecular weight excluding hydrogens is 281 g/mol. The maximum absolute atomic E-state index is 13.8. The number of hydrogen-bond acceptors (Lipinski definition) is 3. The number of ether oxygens (including phenoxy) is 1. The molecule has 0 N–H and O–H groups in total. The van der Waals surface area contributed by atoms with Crippen molar-refractivity contribution >= 4 is 17.4 Å². The minimum atomic E-state index is -0.615. The van der Waals surface area contributed by atoms with E-state index in [0.717, 1.165) is 13.1 Å². The van der Waals surface area contributed by atoms with Crippen LogP contribution in [0.3, 0.4) is 0 Å². The lowest BCUT2D eigenvalue weighted by Crippen LogP contribution is -2.54. The molecule has 0 unspecified atom stereocenters. The van der Waals surface area contributed by atoms with Gasteiger partial charge in [0.05, 0.1) is 18.8 Å². The minimum Gasteiger partial charge on any atom is -0.379 e. The van der Waals surface area contributed by atoms with E-state index in [9.17, 15) is 9.18 Å². The Kier molecular flexibility index (Phi) is 4.78. The highest BCUT2D eigenvalue weighted by Gasteiger charge is 2.35. The lowest BCUT2D eigenvalue weighted by atomic mass is 9.91. The van der Waals surface area contributed by atoms with Crippen LogP contribution in [0.5, 0.6) is 0 Å². The van der Waals surface area contributed by atoms with Gasteiger partial charge in [-0.15, -0.1) is 0 Å². The summed E-state index contributed by atoms with van der Waals surface area (Å²) in [6.45, 7) is 6.48. The average Bonchev–Trinajstić information content (AvgIpc) is 2.42. The normalized spacial score (nSPS) is 17.2. The van der Waals surface area contributed by atoms with Gasteiger partial charge < -0.3 is 4.74 Å². The number of rotatable bonds is 4. The number of carbonyl (C=O) groups excluding carboxylic acids is 1. The van der Waals surface area contributed by atoms with E-state index >= 15 is 0 Å². The summed E-state index contributed by atoms with van der Waals surface area (Å²) in [5.41, 5.74) is -0.226. The van der Waals surface area contributed by atoms with Gasteiger partial charge in [0.25, 0.3) is 0 Å². The highest BCUT2D eigenvalue weighted by Crippen LogP contribution is 2.22. The van der Waals surface area contributed by atoms with E-state index in [1.807, 2.05) is 13.8 Å². The predicted octanol–water partition coefficient (Wildman–Crippen LogP) is 2.70.